The summed E-state index contributed by atoms with van der Waals surface area (Å²) in [7, 11) is 0. The van der Waals surface area contributed by atoms with Gasteiger partial charge in [0.15, 0.2) is 6.17 Å². The number of carboxylic acid groups (broad SMARTS) is 1. The number of hydrogen-bond donors (Lipinski definition) is 1. The van der Waals surface area contributed by atoms with Crippen LogP contribution in [-0.4, -0.2) is 23.0 Å². The van der Waals surface area contributed by atoms with E-state index in [4.69, 9.17) is 5.11 Å². The normalized spacial score (nSPS) is 22.3. The van der Waals surface area contributed by atoms with Gasteiger partial charge in [-0.1, -0.05) is 51.2 Å². The van der Waals surface area contributed by atoms with E-state index in [1.165, 1.54) is 25.7 Å². The second-order valence-corrected chi connectivity index (χ2v) is 7.00. The third kappa shape index (κ3) is 8.07. The SMILES string of the molecule is CCCCCCC=C[C@H]1CCC(=O)[C@@H]1CCCCCC(F)C(=O)O. The maximum Gasteiger partial charge on any atom is 0.338 e. The van der Waals surface area contributed by atoms with E-state index in [-0.39, 0.29) is 12.3 Å². The van der Waals surface area contributed by atoms with Crippen molar-refractivity contribution in [2.24, 2.45) is 11.8 Å². The maximum atomic E-state index is 13.0. The molecule has 0 spiro atoms. The first-order chi connectivity index (χ1) is 11.6. The van der Waals surface area contributed by atoms with E-state index in [0.29, 0.717) is 24.5 Å². The fourth-order valence-electron chi connectivity index (χ4n) is 3.49. The molecule has 24 heavy (non-hydrogen) atoms. The van der Waals surface area contributed by atoms with Crippen molar-refractivity contribution < 1.29 is 19.1 Å². The Morgan fingerprint density at radius 1 is 1.25 bits per heavy atom. The number of aliphatic carboxylic acids is 1. The molecule has 0 amide bonds. The summed E-state index contributed by atoms with van der Waals surface area (Å²) in [5.74, 6) is -0.510. The summed E-state index contributed by atoms with van der Waals surface area (Å²) in [6, 6.07) is 0. The number of Topliss-reactive ketones (excluding diaryl/α,β-unsaturated/α-hetero) is 1. The van der Waals surface area contributed by atoms with Crippen molar-refractivity contribution in [3.63, 3.8) is 0 Å². The minimum Gasteiger partial charge on any atom is -0.479 e. The van der Waals surface area contributed by atoms with Crippen LogP contribution in [0.3, 0.4) is 0 Å². The van der Waals surface area contributed by atoms with E-state index in [1.807, 2.05) is 0 Å². The molecule has 1 aliphatic rings. The molecule has 0 radical (unpaired) electrons. The van der Waals surface area contributed by atoms with E-state index in [1.54, 1.807) is 0 Å². The van der Waals surface area contributed by atoms with Gasteiger partial charge >= 0.3 is 5.97 Å². The molecule has 1 unspecified atom stereocenters. The molecule has 0 saturated heterocycles. The second kappa shape index (κ2) is 12.2. The van der Waals surface area contributed by atoms with Crippen molar-refractivity contribution in [1.29, 1.82) is 0 Å². The summed E-state index contributed by atoms with van der Waals surface area (Å²) in [5, 5.41) is 8.50. The molecular formula is C20H33FO3. The van der Waals surface area contributed by atoms with E-state index in [2.05, 4.69) is 19.1 Å². The Morgan fingerprint density at radius 3 is 2.71 bits per heavy atom. The molecule has 4 heteroatoms. The summed E-state index contributed by atoms with van der Waals surface area (Å²) in [5.41, 5.74) is 0. The van der Waals surface area contributed by atoms with Crippen molar-refractivity contribution in [2.45, 2.75) is 90.1 Å². The van der Waals surface area contributed by atoms with Crippen molar-refractivity contribution in [3.8, 4) is 0 Å². The monoisotopic (exact) mass is 340 g/mol. The molecule has 0 bridgehead atoms. The number of carboxylic acids is 1. The lowest BCUT2D eigenvalue weighted by atomic mass is 9.89. The molecule has 1 rings (SSSR count). The molecule has 1 N–H and O–H groups in total. The van der Waals surface area contributed by atoms with E-state index < -0.39 is 12.1 Å². The summed E-state index contributed by atoms with van der Waals surface area (Å²) in [4.78, 5) is 22.5. The highest BCUT2D eigenvalue weighted by Crippen LogP contribution is 2.34. The number of alkyl halides is 1. The number of hydrogen-bond acceptors (Lipinski definition) is 2. The second-order valence-electron chi connectivity index (χ2n) is 7.00. The smallest absolute Gasteiger partial charge is 0.338 e. The zero-order valence-electron chi connectivity index (χ0n) is 15.0. The zero-order chi connectivity index (χ0) is 17.8. The highest BCUT2D eigenvalue weighted by molar-refractivity contribution is 5.83. The molecule has 0 aromatic heterocycles. The maximum absolute atomic E-state index is 13.0. The Hall–Kier alpha value is -1.19. The summed E-state index contributed by atoms with van der Waals surface area (Å²) >= 11 is 0. The predicted octanol–water partition coefficient (Wildman–Crippen LogP) is 5.48. The van der Waals surface area contributed by atoms with Crippen LogP contribution >= 0.6 is 0 Å². The van der Waals surface area contributed by atoms with E-state index in [0.717, 1.165) is 32.1 Å². The van der Waals surface area contributed by atoms with Crippen LogP contribution in [0, 0.1) is 11.8 Å². The molecule has 3 atom stereocenters. The molecule has 3 nitrogen and oxygen atoms in total. The molecule has 0 aromatic carbocycles. The Balaban J connectivity index is 2.22. The first kappa shape index (κ1) is 20.9. The van der Waals surface area contributed by atoms with Crippen LogP contribution in [0.4, 0.5) is 4.39 Å². The number of unbranched alkanes of at least 4 members (excludes halogenated alkanes) is 6. The number of rotatable bonds is 13. The Morgan fingerprint density at radius 2 is 2.00 bits per heavy atom. The van der Waals surface area contributed by atoms with Crippen LogP contribution in [0.15, 0.2) is 12.2 Å². The van der Waals surface area contributed by atoms with Crippen LogP contribution in [0.5, 0.6) is 0 Å². The van der Waals surface area contributed by atoms with Crippen LogP contribution in [-0.2, 0) is 9.59 Å². The average molecular weight is 340 g/mol. The van der Waals surface area contributed by atoms with Gasteiger partial charge < -0.3 is 5.11 Å². The van der Waals surface area contributed by atoms with Crippen molar-refractivity contribution in [3.05, 3.63) is 12.2 Å². The largest absolute Gasteiger partial charge is 0.479 e. The number of halogens is 1. The van der Waals surface area contributed by atoms with Gasteiger partial charge in [0.2, 0.25) is 0 Å². The van der Waals surface area contributed by atoms with Gasteiger partial charge in [0.1, 0.15) is 5.78 Å². The lowest BCUT2D eigenvalue weighted by Gasteiger charge is -2.15. The van der Waals surface area contributed by atoms with Gasteiger partial charge in [-0.2, -0.15) is 0 Å². The third-order valence-electron chi connectivity index (χ3n) is 5.00. The molecule has 0 heterocycles. The van der Waals surface area contributed by atoms with Crippen LogP contribution < -0.4 is 0 Å². The number of carbonyl (C=O) groups excluding carboxylic acids is 1. The van der Waals surface area contributed by atoms with Crippen molar-refractivity contribution in [2.75, 3.05) is 0 Å². The van der Waals surface area contributed by atoms with E-state index in [9.17, 15) is 14.0 Å². The average Bonchev–Trinajstić information content (AvgIpc) is 2.90. The van der Waals surface area contributed by atoms with Crippen LogP contribution in [0.2, 0.25) is 0 Å². The fourth-order valence-corrected chi connectivity index (χ4v) is 3.49. The van der Waals surface area contributed by atoms with Gasteiger partial charge in [-0.15, -0.1) is 0 Å². The highest BCUT2D eigenvalue weighted by atomic mass is 19.1. The third-order valence-corrected chi connectivity index (χ3v) is 5.00. The number of ketones is 1. The standard InChI is InChI=1S/C20H33FO3/c1-2-3-4-5-6-8-11-16-14-15-19(22)17(16)12-9-7-10-13-18(21)20(23)24/h8,11,16-18H,2-7,9-10,12-15H2,1H3,(H,23,24)/t16-,17+,18?/m0/s1. The van der Waals surface area contributed by atoms with Gasteiger partial charge in [-0.05, 0) is 44.4 Å². The summed E-state index contributed by atoms with van der Waals surface area (Å²) < 4.78 is 13.0. The summed E-state index contributed by atoms with van der Waals surface area (Å²) in [6.07, 6.45) is 13.7. The number of allylic oxidation sites excluding steroid dienone is 2. The lowest BCUT2D eigenvalue weighted by molar-refractivity contribution is -0.143. The molecule has 1 saturated carbocycles. The van der Waals surface area contributed by atoms with Gasteiger partial charge in [-0.25, -0.2) is 9.18 Å². The highest BCUT2D eigenvalue weighted by Gasteiger charge is 2.32. The zero-order valence-corrected chi connectivity index (χ0v) is 15.0. The van der Waals surface area contributed by atoms with Crippen LogP contribution in [0.25, 0.3) is 0 Å². The minimum atomic E-state index is -1.75. The molecule has 138 valence electrons. The first-order valence-corrected chi connectivity index (χ1v) is 9.62. The summed E-state index contributed by atoms with van der Waals surface area (Å²) in [6.45, 7) is 2.21. The number of carbonyl (C=O) groups is 2. The minimum absolute atomic E-state index is 0.0784. The van der Waals surface area contributed by atoms with Gasteiger partial charge in [0.05, 0.1) is 0 Å². The lowest BCUT2D eigenvalue weighted by Crippen LogP contribution is -2.14. The van der Waals surface area contributed by atoms with Crippen LogP contribution in [0.1, 0.15) is 84.0 Å². The predicted molar refractivity (Wildman–Crippen MR) is 94.7 cm³/mol. The molecular weight excluding hydrogens is 307 g/mol. The topological polar surface area (TPSA) is 54.4 Å². The van der Waals surface area contributed by atoms with E-state index >= 15 is 0 Å². The van der Waals surface area contributed by atoms with Crippen molar-refractivity contribution >= 4 is 11.8 Å². The van der Waals surface area contributed by atoms with Gasteiger partial charge in [0.25, 0.3) is 0 Å². The quantitative estimate of drug-likeness (QED) is 0.357. The fraction of sp³-hybridized carbons (Fsp3) is 0.800. The molecule has 0 aromatic rings. The first-order valence-electron chi connectivity index (χ1n) is 9.62. The van der Waals surface area contributed by atoms with Gasteiger partial charge in [0, 0.05) is 12.3 Å². The molecule has 1 fully saturated rings. The van der Waals surface area contributed by atoms with Gasteiger partial charge in [-0.3, -0.25) is 4.79 Å². The molecule has 0 aliphatic heterocycles. The molecule has 1 aliphatic carbocycles. The Bertz CT molecular complexity index is 406. The Labute approximate surface area is 145 Å². The Kier molecular flexibility index (Phi) is 10.6. The van der Waals surface area contributed by atoms with Crippen molar-refractivity contribution in [1.82, 2.24) is 0 Å².